The van der Waals surface area contributed by atoms with Crippen molar-refractivity contribution in [3.8, 4) is 28.4 Å². The normalized spacial score (nSPS) is 13.4. The number of hydrogen-bond acceptors (Lipinski definition) is 10. The fourth-order valence-electron chi connectivity index (χ4n) is 5.01. The second-order valence-corrected chi connectivity index (χ2v) is 11.0. The molecule has 5 rings (SSSR count). The first-order valence-corrected chi connectivity index (χ1v) is 14.0. The summed E-state index contributed by atoms with van der Waals surface area (Å²) in [4.78, 5) is 26.1. The Bertz CT molecular complexity index is 1600. The highest BCUT2D eigenvalue weighted by Crippen LogP contribution is 2.39. The lowest BCUT2D eigenvalue weighted by atomic mass is 10.0. The van der Waals surface area contributed by atoms with Gasteiger partial charge in [0, 0.05) is 43.9 Å². The van der Waals surface area contributed by atoms with E-state index in [9.17, 15) is 9.90 Å². The summed E-state index contributed by atoms with van der Waals surface area (Å²) >= 11 is 6.70. The molecule has 0 radical (unpaired) electrons. The third-order valence-electron chi connectivity index (χ3n) is 7.27. The van der Waals surface area contributed by atoms with Crippen LogP contribution in [0.3, 0.4) is 0 Å². The van der Waals surface area contributed by atoms with Crippen LogP contribution in [0.1, 0.15) is 28.3 Å². The van der Waals surface area contributed by atoms with Crippen molar-refractivity contribution in [3.05, 3.63) is 57.7 Å². The molecule has 4 aromatic rings. The van der Waals surface area contributed by atoms with E-state index in [0.717, 1.165) is 33.9 Å². The summed E-state index contributed by atoms with van der Waals surface area (Å²) in [6, 6.07) is 5.26. The molecule has 1 aliphatic rings. The Labute approximate surface area is 249 Å². The van der Waals surface area contributed by atoms with E-state index in [2.05, 4.69) is 20.5 Å². The Morgan fingerprint density at radius 1 is 1.24 bits per heavy atom. The van der Waals surface area contributed by atoms with Crippen molar-refractivity contribution in [3.63, 3.8) is 0 Å². The number of carbonyl (C=O) groups excluding carboxylic acids is 1. The molecule has 0 saturated heterocycles. The van der Waals surface area contributed by atoms with Crippen molar-refractivity contribution in [1.82, 2.24) is 35.1 Å². The van der Waals surface area contributed by atoms with Crippen LogP contribution >= 0.6 is 11.6 Å². The van der Waals surface area contributed by atoms with Gasteiger partial charge < -0.3 is 29.5 Å². The third kappa shape index (κ3) is 5.83. The second-order valence-electron chi connectivity index (χ2n) is 10.6. The lowest BCUT2D eigenvalue weighted by Crippen LogP contribution is -2.29. The highest BCUT2D eigenvalue weighted by atomic mass is 35.5. The number of nitrogens with one attached hydrogen (secondary N) is 1. The molecule has 0 saturated carbocycles. The van der Waals surface area contributed by atoms with Gasteiger partial charge >= 0.3 is 0 Å². The van der Waals surface area contributed by atoms with Crippen LogP contribution < -0.4 is 15.0 Å². The van der Waals surface area contributed by atoms with Gasteiger partial charge in [0.15, 0.2) is 5.82 Å². The molecule has 1 amide bonds. The zero-order valence-corrected chi connectivity index (χ0v) is 25.4. The summed E-state index contributed by atoms with van der Waals surface area (Å²) in [5.41, 5.74) is 5.67. The molecule has 0 fully saturated rings. The predicted molar refractivity (Wildman–Crippen MR) is 158 cm³/mol. The Morgan fingerprint density at radius 2 is 2.02 bits per heavy atom. The molecule has 2 N–H and O–H groups in total. The number of likely N-dealkylation sites (N-methyl/N-ethyl adjacent to an activating group) is 2. The fourth-order valence-corrected chi connectivity index (χ4v) is 5.21. The van der Waals surface area contributed by atoms with Gasteiger partial charge in [-0.05, 0) is 46.0 Å². The van der Waals surface area contributed by atoms with Gasteiger partial charge in [0.25, 0.3) is 0 Å². The average Bonchev–Trinajstić information content (AvgIpc) is 3.64. The van der Waals surface area contributed by atoms with Crippen LogP contribution in [0.4, 0.5) is 5.82 Å². The van der Waals surface area contributed by atoms with E-state index in [1.165, 1.54) is 0 Å². The van der Waals surface area contributed by atoms with Gasteiger partial charge in [0.1, 0.15) is 36.6 Å². The average molecular weight is 595 g/mol. The lowest BCUT2D eigenvalue weighted by Gasteiger charge is -2.22. The highest BCUT2D eigenvalue weighted by Gasteiger charge is 2.30. The van der Waals surface area contributed by atoms with E-state index >= 15 is 0 Å². The summed E-state index contributed by atoms with van der Waals surface area (Å²) in [6.45, 7) is 7.51. The fraction of sp³-hybridized carbons (Fsp3) is 0.414. The van der Waals surface area contributed by atoms with Gasteiger partial charge in [-0.3, -0.25) is 9.48 Å². The standard InChI is InChI=1S/C29H35ClN8O4/c1-16-27(26-17(2)35-42-18(26)3)33-28(22-9-21(7-8-23(22)30)41-15-20(39)11-31-4)34-29(16)37-12-19-10-32-38(24(19)13-37)14-25(40)36(5)6/h7-10,20,31,39H,11-15H2,1-6H3/t20-/m1/s1. The van der Waals surface area contributed by atoms with Gasteiger partial charge in [-0.2, -0.15) is 5.10 Å². The Kier molecular flexibility index (Phi) is 8.48. The van der Waals surface area contributed by atoms with Gasteiger partial charge in [0.2, 0.25) is 5.91 Å². The molecular formula is C29H35ClN8O4. The molecule has 0 spiro atoms. The zero-order chi connectivity index (χ0) is 30.1. The van der Waals surface area contributed by atoms with E-state index < -0.39 is 6.10 Å². The molecule has 4 heterocycles. The number of aliphatic hydroxyl groups is 1. The molecule has 3 aromatic heterocycles. The number of benzene rings is 1. The smallest absolute Gasteiger partial charge is 0.243 e. The van der Waals surface area contributed by atoms with E-state index in [1.54, 1.807) is 48.9 Å². The van der Waals surface area contributed by atoms with Crippen LogP contribution in [0.25, 0.3) is 22.6 Å². The molecule has 1 aromatic carbocycles. The number of halogens is 1. The quantitative estimate of drug-likeness (QED) is 0.282. The monoisotopic (exact) mass is 594 g/mol. The largest absolute Gasteiger partial charge is 0.491 e. The molecule has 13 heteroatoms. The molecule has 0 unspecified atom stereocenters. The minimum atomic E-state index is -0.664. The minimum absolute atomic E-state index is 0.0317. The summed E-state index contributed by atoms with van der Waals surface area (Å²) in [6.07, 6.45) is 1.15. The topological polar surface area (TPSA) is 135 Å². The first kappa shape index (κ1) is 29.5. The summed E-state index contributed by atoms with van der Waals surface area (Å²) in [5, 5.41) is 22.1. The molecule has 12 nitrogen and oxygen atoms in total. The molecule has 1 aliphatic heterocycles. The number of aromatic nitrogens is 5. The molecule has 1 atom stereocenters. The maximum absolute atomic E-state index is 12.4. The number of amides is 1. The van der Waals surface area contributed by atoms with Gasteiger partial charge in [-0.15, -0.1) is 0 Å². The summed E-state index contributed by atoms with van der Waals surface area (Å²) < 4.78 is 13.1. The van der Waals surface area contributed by atoms with Crippen LogP contribution in [0.5, 0.6) is 5.75 Å². The van der Waals surface area contributed by atoms with Crippen LogP contribution in [0.2, 0.25) is 5.02 Å². The first-order chi connectivity index (χ1) is 20.1. The van der Waals surface area contributed by atoms with Crippen LogP contribution in [-0.4, -0.2) is 81.2 Å². The van der Waals surface area contributed by atoms with Crippen LogP contribution in [0, 0.1) is 20.8 Å². The molecule has 222 valence electrons. The predicted octanol–water partition coefficient (Wildman–Crippen LogP) is 3.14. The van der Waals surface area contributed by atoms with Crippen LogP contribution in [0.15, 0.2) is 28.9 Å². The number of hydrogen-bond donors (Lipinski definition) is 2. The third-order valence-corrected chi connectivity index (χ3v) is 7.60. The number of aryl methyl sites for hydroxylation is 2. The number of fused-ring (bicyclic) bond motifs is 1. The van der Waals surface area contributed by atoms with Crippen molar-refractivity contribution in [1.29, 1.82) is 0 Å². The van der Waals surface area contributed by atoms with Crippen LogP contribution in [-0.2, 0) is 24.4 Å². The number of nitrogens with zero attached hydrogens (tertiary/aromatic N) is 7. The molecular weight excluding hydrogens is 560 g/mol. The molecule has 0 aliphatic carbocycles. The first-order valence-electron chi connectivity index (χ1n) is 13.6. The van der Waals surface area contributed by atoms with E-state index in [0.29, 0.717) is 53.2 Å². The van der Waals surface area contributed by atoms with E-state index in [1.807, 2.05) is 27.0 Å². The van der Waals surface area contributed by atoms with Crippen molar-refractivity contribution in [2.45, 2.75) is 46.5 Å². The van der Waals surface area contributed by atoms with E-state index in [-0.39, 0.29) is 19.1 Å². The number of anilines is 1. The van der Waals surface area contributed by atoms with Crippen molar-refractivity contribution < 1.29 is 19.2 Å². The zero-order valence-electron chi connectivity index (χ0n) is 24.6. The molecule has 42 heavy (non-hydrogen) atoms. The summed E-state index contributed by atoms with van der Waals surface area (Å²) in [5.74, 6) is 2.29. The lowest BCUT2D eigenvalue weighted by molar-refractivity contribution is -0.129. The number of rotatable bonds is 10. The number of aliphatic hydroxyl groups excluding tert-OH is 1. The second kappa shape index (κ2) is 12.1. The van der Waals surface area contributed by atoms with Gasteiger partial charge in [-0.25, -0.2) is 9.97 Å². The van der Waals surface area contributed by atoms with E-state index in [4.69, 9.17) is 30.8 Å². The van der Waals surface area contributed by atoms with Crippen molar-refractivity contribution >= 4 is 23.3 Å². The van der Waals surface area contributed by atoms with Gasteiger partial charge in [0.05, 0.1) is 40.4 Å². The maximum atomic E-state index is 12.4. The highest BCUT2D eigenvalue weighted by molar-refractivity contribution is 6.33. The number of ether oxygens (including phenoxy) is 1. The SMILES string of the molecule is CNC[C@@H](O)COc1ccc(Cl)c(-c2nc(-c3c(C)noc3C)c(C)c(N3Cc4cnn(CC(=O)N(C)C)c4C3)n2)c1. The molecule has 0 bridgehead atoms. The Morgan fingerprint density at radius 3 is 2.71 bits per heavy atom. The van der Waals surface area contributed by atoms with Crippen molar-refractivity contribution in [2.24, 2.45) is 0 Å². The van der Waals surface area contributed by atoms with Gasteiger partial charge in [-0.1, -0.05) is 16.8 Å². The maximum Gasteiger partial charge on any atom is 0.243 e. The Hall–Kier alpha value is -4.00. The number of carbonyl (C=O) groups is 1. The minimum Gasteiger partial charge on any atom is -0.491 e. The summed E-state index contributed by atoms with van der Waals surface area (Å²) in [7, 11) is 5.23. The van der Waals surface area contributed by atoms with Crippen molar-refractivity contribution in [2.75, 3.05) is 39.2 Å². The Balaban J connectivity index is 1.56.